The minimum absolute atomic E-state index is 0.317. The third-order valence-electron chi connectivity index (χ3n) is 3.24. The standard InChI is InChI=1S/C13H27N5/c1-6-17(7-2)9-8-15-13-12(14)11(5)16-18(13)10(3)4/h10,15H,6-9,14H2,1-5H3. The molecule has 0 amide bonds. The van der Waals surface area contributed by atoms with Crippen molar-refractivity contribution in [2.45, 2.75) is 40.7 Å². The molecule has 1 aromatic rings. The Bertz CT molecular complexity index is 366. The summed E-state index contributed by atoms with van der Waals surface area (Å²) < 4.78 is 1.97. The zero-order valence-electron chi connectivity index (χ0n) is 12.3. The number of nitrogens with one attached hydrogen (secondary N) is 1. The first kappa shape index (κ1) is 14.8. The SMILES string of the molecule is CCN(CC)CCNc1c(N)c(C)nn1C(C)C. The molecule has 0 unspecified atom stereocenters. The Kier molecular flexibility index (Phi) is 5.47. The number of nitrogen functional groups attached to an aromatic ring is 1. The molecule has 1 heterocycles. The van der Waals surface area contributed by atoms with Gasteiger partial charge in [-0.05, 0) is 33.9 Å². The molecule has 5 heteroatoms. The van der Waals surface area contributed by atoms with Gasteiger partial charge in [-0.15, -0.1) is 0 Å². The van der Waals surface area contributed by atoms with Crippen LogP contribution in [0.3, 0.4) is 0 Å². The van der Waals surface area contributed by atoms with Gasteiger partial charge in [-0.1, -0.05) is 13.8 Å². The molecule has 0 spiro atoms. The predicted molar refractivity (Wildman–Crippen MR) is 78.0 cm³/mol. The second-order valence-electron chi connectivity index (χ2n) is 4.84. The highest BCUT2D eigenvalue weighted by atomic mass is 15.4. The van der Waals surface area contributed by atoms with Crippen molar-refractivity contribution < 1.29 is 0 Å². The van der Waals surface area contributed by atoms with Crippen LogP contribution in [0.1, 0.15) is 39.4 Å². The van der Waals surface area contributed by atoms with E-state index in [1.807, 2.05) is 11.6 Å². The Morgan fingerprint density at radius 1 is 1.33 bits per heavy atom. The highest BCUT2D eigenvalue weighted by Crippen LogP contribution is 2.25. The summed E-state index contributed by atoms with van der Waals surface area (Å²) >= 11 is 0. The van der Waals surface area contributed by atoms with Crippen LogP contribution in [0.15, 0.2) is 0 Å². The molecule has 0 fully saturated rings. The van der Waals surface area contributed by atoms with Crippen molar-refractivity contribution in [1.29, 1.82) is 0 Å². The number of aromatic nitrogens is 2. The lowest BCUT2D eigenvalue weighted by atomic mass is 10.3. The molecule has 0 aliphatic heterocycles. The molecular formula is C13H27N5. The normalized spacial score (nSPS) is 11.5. The average molecular weight is 253 g/mol. The summed E-state index contributed by atoms with van der Waals surface area (Å²) in [6, 6.07) is 0.317. The van der Waals surface area contributed by atoms with E-state index >= 15 is 0 Å². The van der Waals surface area contributed by atoms with E-state index in [0.29, 0.717) is 6.04 Å². The number of likely N-dealkylation sites (N-methyl/N-ethyl adjacent to an activating group) is 1. The maximum atomic E-state index is 6.06. The van der Waals surface area contributed by atoms with Crippen molar-refractivity contribution in [3.8, 4) is 0 Å². The molecule has 1 aromatic heterocycles. The molecule has 104 valence electrons. The Morgan fingerprint density at radius 3 is 2.44 bits per heavy atom. The monoisotopic (exact) mass is 253 g/mol. The van der Waals surface area contributed by atoms with E-state index in [1.54, 1.807) is 0 Å². The summed E-state index contributed by atoms with van der Waals surface area (Å²) in [6.07, 6.45) is 0. The van der Waals surface area contributed by atoms with Gasteiger partial charge in [-0.2, -0.15) is 5.10 Å². The first-order valence-electron chi connectivity index (χ1n) is 6.82. The summed E-state index contributed by atoms with van der Waals surface area (Å²) in [5, 5.41) is 7.88. The first-order valence-corrected chi connectivity index (χ1v) is 6.82. The zero-order chi connectivity index (χ0) is 13.7. The van der Waals surface area contributed by atoms with Gasteiger partial charge >= 0.3 is 0 Å². The molecule has 0 saturated heterocycles. The fourth-order valence-electron chi connectivity index (χ4n) is 1.98. The lowest BCUT2D eigenvalue weighted by Crippen LogP contribution is -2.29. The van der Waals surface area contributed by atoms with Crippen LogP contribution >= 0.6 is 0 Å². The molecule has 0 aliphatic rings. The average Bonchev–Trinajstić information content (AvgIpc) is 2.62. The topological polar surface area (TPSA) is 59.1 Å². The molecule has 0 aromatic carbocycles. The van der Waals surface area contributed by atoms with Gasteiger partial charge in [0.2, 0.25) is 0 Å². The molecule has 0 radical (unpaired) electrons. The molecule has 5 nitrogen and oxygen atoms in total. The van der Waals surface area contributed by atoms with Crippen LogP contribution in [0.5, 0.6) is 0 Å². The van der Waals surface area contributed by atoms with Gasteiger partial charge < -0.3 is 16.0 Å². The second-order valence-corrected chi connectivity index (χ2v) is 4.84. The fourth-order valence-corrected chi connectivity index (χ4v) is 1.98. The van der Waals surface area contributed by atoms with Crippen LogP contribution in [0.4, 0.5) is 11.5 Å². The van der Waals surface area contributed by atoms with Crippen molar-refractivity contribution in [3.63, 3.8) is 0 Å². The van der Waals surface area contributed by atoms with E-state index < -0.39 is 0 Å². The summed E-state index contributed by atoms with van der Waals surface area (Å²) in [5.41, 5.74) is 7.73. The number of hydrogen-bond donors (Lipinski definition) is 2. The number of hydrogen-bond acceptors (Lipinski definition) is 4. The maximum absolute atomic E-state index is 6.06. The van der Waals surface area contributed by atoms with E-state index in [0.717, 1.165) is 43.4 Å². The minimum atomic E-state index is 0.317. The van der Waals surface area contributed by atoms with Crippen molar-refractivity contribution in [3.05, 3.63) is 5.69 Å². The largest absolute Gasteiger partial charge is 0.394 e. The molecule has 3 N–H and O–H groups in total. The van der Waals surface area contributed by atoms with Crippen LogP contribution < -0.4 is 11.1 Å². The lowest BCUT2D eigenvalue weighted by molar-refractivity contribution is 0.315. The molecule has 0 saturated carbocycles. The third kappa shape index (κ3) is 3.38. The summed E-state index contributed by atoms with van der Waals surface area (Å²) in [5.74, 6) is 0.953. The smallest absolute Gasteiger partial charge is 0.148 e. The van der Waals surface area contributed by atoms with Crippen LogP contribution in [-0.4, -0.2) is 40.9 Å². The zero-order valence-corrected chi connectivity index (χ0v) is 12.3. The molecular weight excluding hydrogens is 226 g/mol. The quantitative estimate of drug-likeness (QED) is 0.781. The van der Waals surface area contributed by atoms with E-state index in [4.69, 9.17) is 5.73 Å². The van der Waals surface area contributed by atoms with Crippen LogP contribution in [0.25, 0.3) is 0 Å². The van der Waals surface area contributed by atoms with Gasteiger partial charge in [0.15, 0.2) is 0 Å². The molecule has 0 bridgehead atoms. The van der Waals surface area contributed by atoms with E-state index in [9.17, 15) is 0 Å². The van der Waals surface area contributed by atoms with E-state index in [-0.39, 0.29) is 0 Å². The molecule has 0 aliphatic carbocycles. The number of aryl methyl sites for hydroxylation is 1. The van der Waals surface area contributed by atoms with Gasteiger partial charge in [-0.3, -0.25) is 0 Å². The third-order valence-corrected chi connectivity index (χ3v) is 3.24. The van der Waals surface area contributed by atoms with Gasteiger partial charge in [0, 0.05) is 19.1 Å². The second kappa shape index (κ2) is 6.64. The molecule has 18 heavy (non-hydrogen) atoms. The van der Waals surface area contributed by atoms with Crippen LogP contribution in [-0.2, 0) is 0 Å². The Morgan fingerprint density at radius 2 is 1.94 bits per heavy atom. The van der Waals surface area contributed by atoms with Crippen molar-refractivity contribution >= 4 is 11.5 Å². The van der Waals surface area contributed by atoms with Gasteiger partial charge in [0.1, 0.15) is 5.82 Å². The number of nitrogens with two attached hydrogens (primary N) is 1. The van der Waals surface area contributed by atoms with Crippen molar-refractivity contribution in [2.75, 3.05) is 37.2 Å². The Labute approximate surface area is 110 Å². The van der Waals surface area contributed by atoms with Crippen LogP contribution in [0, 0.1) is 6.92 Å². The number of rotatable bonds is 7. The molecule has 0 atom stereocenters. The highest BCUT2D eigenvalue weighted by molar-refractivity contribution is 5.64. The number of anilines is 2. The Hall–Kier alpha value is -1.23. The number of nitrogens with zero attached hydrogens (tertiary/aromatic N) is 3. The summed E-state index contributed by atoms with van der Waals surface area (Å²) in [4.78, 5) is 2.38. The first-order chi connectivity index (χ1) is 8.51. The Balaban J connectivity index is 2.66. The van der Waals surface area contributed by atoms with Crippen molar-refractivity contribution in [2.24, 2.45) is 0 Å². The molecule has 1 rings (SSSR count). The van der Waals surface area contributed by atoms with Gasteiger partial charge in [-0.25, -0.2) is 4.68 Å². The van der Waals surface area contributed by atoms with Gasteiger partial charge in [0.05, 0.1) is 11.4 Å². The summed E-state index contributed by atoms with van der Waals surface area (Å²) in [7, 11) is 0. The van der Waals surface area contributed by atoms with Gasteiger partial charge in [0.25, 0.3) is 0 Å². The lowest BCUT2D eigenvalue weighted by Gasteiger charge is -2.19. The maximum Gasteiger partial charge on any atom is 0.148 e. The fraction of sp³-hybridized carbons (Fsp3) is 0.769. The van der Waals surface area contributed by atoms with Crippen molar-refractivity contribution in [1.82, 2.24) is 14.7 Å². The van der Waals surface area contributed by atoms with Crippen LogP contribution in [0.2, 0.25) is 0 Å². The highest BCUT2D eigenvalue weighted by Gasteiger charge is 2.14. The van der Waals surface area contributed by atoms with E-state index in [2.05, 4.69) is 43.0 Å². The minimum Gasteiger partial charge on any atom is -0.394 e. The predicted octanol–water partition coefficient (Wildman–Crippen LogP) is 2.11. The summed E-state index contributed by atoms with van der Waals surface area (Å²) in [6.45, 7) is 14.6. The van der Waals surface area contributed by atoms with E-state index in [1.165, 1.54) is 0 Å².